The zero-order chi connectivity index (χ0) is 13.7. The van der Waals surface area contributed by atoms with Crippen LogP contribution in [0.4, 0.5) is 0 Å². The third-order valence-corrected chi connectivity index (χ3v) is 4.93. The first-order valence-corrected chi connectivity index (χ1v) is 7.81. The van der Waals surface area contributed by atoms with Gasteiger partial charge in [0.25, 0.3) is 0 Å². The summed E-state index contributed by atoms with van der Waals surface area (Å²) in [6.07, 6.45) is 3.21. The Bertz CT molecular complexity index is 395. The topological polar surface area (TPSA) is 21.3 Å². The Balaban J connectivity index is 2.05. The van der Waals surface area contributed by atoms with Gasteiger partial charge in [0.2, 0.25) is 0 Å². The zero-order valence-corrected chi connectivity index (χ0v) is 12.7. The molecule has 1 unspecified atom stereocenters. The zero-order valence-electron chi connectivity index (χ0n) is 11.9. The maximum Gasteiger partial charge on any atom is 0.122 e. The number of rotatable bonds is 6. The van der Waals surface area contributed by atoms with E-state index in [9.17, 15) is 0 Å². The van der Waals surface area contributed by atoms with Crippen molar-refractivity contribution in [1.82, 2.24) is 5.32 Å². The first kappa shape index (κ1) is 14.7. The fraction of sp³-hybridized carbons (Fsp3) is 0.625. The lowest BCUT2D eigenvalue weighted by molar-refractivity contribution is 0.250. The van der Waals surface area contributed by atoms with Crippen LogP contribution in [0.1, 0.15) is 44.6 Å². The minimum absolute atomic E-state index is 0.0782. The van der Waals surface area contributed by atoms with Crippen molar-refractivity contribution in [2.75, 3.05) is 19.0 Å². The lowest BCUT2D eigenvalue weighted by Gasteiger charge is -2.34. The quantitative estimate of drug-likeness (QED) is 0.798. The average molecular weight is 282 g/mol. The van der Waals surface area contributed by atoms with E-state index in [1.165, 1.54) is 5.56 Å². The molecule has 0 radical (unpaired) electrons. The fourth-order valence-corrected chi connectivity index (χ4v) is 3.18. The summed E-state index contributed by atoms with van der Waals surface area (Å²) in [6, 6.07) is 8.38. The van der Waals surface area contributed by atoms with Crippen molar-refractivity contribution in [3.05, 3.63) is 29.8 Å². The highest BCUT2D eigenvalue weighted by molar-refractivity contribution is 6.18. The van der Waals surface area contributed by atoms with Gasteiger partial charge in [-0.2, -0.15) is 0 Å². The minimum atomic E-state index is 0.0782. The van der Waals surface area contributed by atoms with Gasteiger partial charge in [0, 0.05) is 23.9 Å². The van der Waals surface area contributed by atoms with Gasteiger partial charge in [-0.3, -0.25) is 0 Å². The van der Waals surface area contributed by atoms with E-state index < -0.39 is 0 Å². The molecule has 1 aromatic rings. The SMILES string of the molecule is CCC(CC)(CCl)NCC1CCOc2ccccc21. The lowest BCUT2D eigenvalue weighted by atomic mass is 9.90. The molecule has 1 atom stereocenters. The van der Waals surface area contributed by atoms with Gasteiger partial charge in [0.1, 0.15) is 5.75 Å². The molecule has 0 amide bonds. The van der Waals surface area contributed by atoms with Crippen molar-refractivity contribution in [3.8, 4) is 5.75 Å². The van der Waals surface area contributed by atoms with Crippen LogP contribution in [0.25, 0.3) is 0 Å². The third kappa shape index (κ3) is 3.24. The van der Waals surface area contributed by atoms with Crippen LogP contribution in [0, 0.1) is 0 Å². The Morgan fingerprint density at radius 1 is 1.32 bits per heavy atom. The molecule has 19 heavy (non-hydrogen) atoms. The third-order valence-electron chi connectivity index (χ3n) is 4.42. The molecular formula is C16H24ClNO. The summed E-state index contributed by atoms with van der Waals surface area (Å²) in [6.45, 7) is 6.21. The van der Waals surface area contributed by atoms with Gasteiger partial charge in [0.05, 0.1) is 6.61 Å². The highest BCUT2D eigenvalue weighted by Crippen LogP contribution is 2.33. The molecule has 0 saturated heterocycles. The Labute approximate surface area is 121 Å². The molecule has 2 rings (SSSR count). The van der Waals surface area contributed by atoms with E-state index in [-0.39, 0.29) is 5.54 Å². The van der Waals surface area contributed by atoms with Crippen LogP contribution in [0.3, 0.4) is 0 Å². The largest absolute Gasteiger partial charge is 0.493 e. The van der Waals surface area contributed by atoms with E-state index in [0.29, 0.717) is 11.8 Å². The molecule has 3 heteroatoms. The first-order valence-electron chi connectivity index (χ1n) is 7.27. The van der Waals surface area contributed by atoms with Gasteiger partial charge < -0.3 is 10.1 Å². The molecule has 0 aromatic heterocycles. The molecule has 1 N–H and O–H groups in total. The lowest BCUT2D eigenvalue weighted by Crippen LogP contribution is -2.48. The summed E-state index contributed by atoms with van der Waals surface area (Å²) in [5.74, 6) is 2.25. The highest BCUT2D eigenvalue weighted by Gasteiger charge is 2.27. The minimum Gasteiger partial charge on any atom is -0.493 e. The summed E-state index contributed by atoms with van der Waals surface area (Å²) >= 11 is 6.16. The summed E-state index contributed by atoms with van der Waals surface area (Å²) in [4.78, 5) is 0. The van der Waals surface area contributed by atoms with Gasteiger partial charge in [-0.25, -0.2) is 0 Å². The number of fused-ring (bicyclic) bond motifs is 1. The van der Waals surface area contributed by atoms with E-state index >= 15 is 0 Å². The fourth-order valence-electron chi connectivity index (χ4n) is 2.70. The van der Waals surface area contributed by atoms with Gasteiger partial charge in [0.15, 0.2) is 0 Å². The second-order valence-corrected chi connectivity index (χ2v) is 5.64. The Hall–Kier alpha value is -0.730. The Kier molecular flexibility index (Phi) is 5.12. The maximum absolute atomic E-state index is 6.16. The Morgan fingerprint density at radius 3 is 2.74 bits per heavy atom. The van der Waals surface area contributed by atoms with Crippen molar-refractivity contribution in [1.29, 1.82) is 0 Å². The van der Waals surface area contributed by atoms with Crippen LogP contribution in [-0.4, -0.2) is 24.6 Å². The Morgan fingerprint density at radius 2 is 2.05 bits per heavy atom. The van der Waals surface area contributed by atoms with Crippen LogP contribution in [-0.2, 0) is 0 Å². The van der Waals surface area contributed by atoms with Gasteiger partial charge >= 0.3 is 0 Å². The second kappa shape index (κ2) is 6.62. The van der Waals surface area contributed by atoms with Gasteiger partial charge in [-0.05, 0) is 30.9 Å². The first-order chi connectivity index (χ1) is 9.24. The van der Waals surface area contributed by atoms with Crippen molar-refractivity contribution in [2.24, 2.45) is 0 Å². The predicted octanol–water partition coefficient (Wildman–Crippen LogP) is 3.94. The number of hydrogen-bond donors (Lipinski definition) is 1. The molecular weight excluding hydrogens is 258 g/mol. The monoisotopic (exact) mass is 281 g/mol. The highest BCUT2D eigenvalue weighted by atomic mass is 35.5. The van der Waals surface area contributed by atoms with Crippen LogP contribution in [0.2, 0.25) is 0 Å². The average Bonchev–Trinajstić information content (AvgIpc) is 2.49. The molecule has 106 valence electrons. The smallest absolute Gasteiger partial charge is 0.122 e. The van der Waals surface area contributed by atoms with E-state index in [2.05, 4.69) is 37.4 Å². The van der Waals surface area contributed by atoms with Crippen molar-refractivity contribution in [2.45, 2.75) is 44.6 Å². The van der Waals surface area contributed by atoms with Gasteiger partial charge in [-0.1, -0.05) is 32.0 Å². The van der Waals surface area contributed by atoms with Gasteiger partial charge in [-0.15, -0.1) is 11.6 Å². The molecule has 1 aliphatic heterocycles. The van der Waals surface area contributed by atoms with Crippen molar-refractivity contribution in [3.63, 3.8) is 0 Å². The normalized spacial score (nSPS) is 18.8. The molecule has 2 nitrogen and oxygen atoms in total. The number of ether oxygens (including phenoxy) is 1. The number of alkyl halides is 1. The van der Waals surface area contributed by atoms with E-state index in [4.69, 9.17) is 16.3 Å². The number of benzene rings is 1. The molecule has 0 aliphatic carbocycles. The van der Waals surface area contributed by atoms with Crippen LogP contribution in [0.5, 0.6) is 5.75 Å². The number of halogens is 1. The number of para-hydroxylation sites is 1. The molecule has 1 aliphatic rings. The summed E-state index contributed by atoms with van der Waals surface area (Å²) in [5, 5.41) is 3.71. The second-order valence-electron chi connectivity index (χ2n) is 5.37. The van der Waals surface area contributed by atoms with Crippen LogP contribution in [0.15, 0.2) is 24.3 Å². The molecule has 1 aromatic carbocycles. The van der Waals surface area contributed by atoms with Crippen molar-refractivity contribution < 1.29 is 4.74 Å². The summed E-state index contributed by atoms with van der Waals surface area (Å²) < 4.78 is 5.71. The van der Waals surface area contributed by atoms with Crippen molar-refractivity contribution >= 4 is 11.6 Å². The van der Waals surface area contributed by atoms with E-state index in [1.807, 2.05) is 6.07 Å². The number of nitrogens with one attached hydrogen (secondary N) is 1. The standard InChI is InChI=1S/C16H24ClNO/c1-3-16(4-2,12-17)18-11-13-9-10-19-15-8-6-5-7-14(13)15/h5-8,13,18H,3-4,9-12H2,1-2H3. The predicted molar refractivity (Wildman–Crippen MR) is 81.3 cm³/mol. The molecule has 0 saturated carbocycles. The molecule has 0 spiro atoms. The van der Waals surface area contributed by atoms with Crippen LogP contribution < -0.4 is 10.1 Å². The number of hydrogen-bond acceptors (Lipinski definition) is 2. The summed E-state index contributed by atoms with van der Waals surface area (Å²) in [7, 11) is 0. The van der Waals surface area contributed by atoms with E-state index in [1.54, 1.807) is 0 Å². The molecule has 0 bridgehead atoms. The van der Waals surface area contributed by atoms with Crippen LogP contribution >= 0.6 is 11.6 Å². The van der Waals surface area contributed by atoms with E-state index in [0.717, 1.165) is 38.2 Å². The molecule has 0 fully saturated rings. The molecule has 1 heterocycles. The maximum atomic E-state index is 6.16. The summed E-state index contributed by atoms with van der Waals surface area (Å²) in [5.41, 5.74) is 1.41.